The average Bonchev–Trinajstić information content (AvgIpc) is 2.27. The van der Waals surface area contributed by atoms with E-state index in [1.54, 1.807) is 0 Å². The minimum absolute atomic E-state index is 0.0731. The highest BCUT2D eigenvalue weighted by Crippen LogP contribution is 2.26. The molecule has 0 aliphatic carbocycles. The van der Waals surface area contributed by atoms with Crippen LogP contribution in [0.2, 0.25) is 0 Å². The highest BCUT2D eigenvalue weighted by molar-refractivity contribution is 5.52. The third-order valence-corrected chi connectivity index (χ3v) is 2.63. The van der Waals surface area contributed by atoms with Crippen molar-refractivity contribution in [1.82, 2.24) is 0 Å². The molecule has 0 aliphatic heterocycles. The summed E-state index contributed by atoms with van der Waals surface area (Å²) in [5, 5.41) is 13.1. The lowest BCUT2D eigenvalue weighted by Crippen LogP contribution is -2.34. The molecule has 5 nitrogen and oxygen atoms in total. The normalized spacial score (nSPS) is 12.6. The predicted octanol–water partition coefficient (Wildman–Crippen LogP) is 2.27. The molecule has 1 aromatic carbocycles. The van der Waals surface area contributed by atoms with Crippen LogP contribution in [0.3, 0.4) is 0 Å². The van der Waals surface area contributed by atoms with Gasteiger partial charge in [0.15, 0.2) is 11.6 Å². The first-order chi connectivity index (χ1) is 8.36. The number of nitrogens with two attached hydrogens (primary N) is 1. The van der Waals surface area contributed by atoms with E-state index in [4.69, 9.17) is 5.73 Å². The van der Waals surface area contributed by atoms with Crippen molar-refractivity contribution in [3.05, 3.63) is 33.9 Å². The van der Waals surface area contributed by atoms with Gasteiger partial charge in [0, 0.05) is 12.6 Å². The molecule has 100 valence electrons. The minimum Gasteiger partial charge on any atom is -0.376 e. The van der Waals surface area contributed by atoms with Crippen LogP contribution in [0.5, 0.6) is 0 Å². The second kappa shape index (κ2) is 5.72. The zero-order valence-electron chi connectivity index (χ0n) is 10.1. The summed E-state index contributed by atoms with van der Waals surface area (Å²) in [5.74, 6) is -1.93. The van der Waals surface area contributed by atoms with Crippen LogP contribution in [0, 0.1) is 27.7 Å². The summed E-state index contributed by atoms with van der Waals surface area (Å²) in [7, 11) is 0. The molecule has 0 aromatic heterocycles. The van der Waals surface area contributed by atoms with Crippen LogP contribution in [-0.2, 0) is 0 Å². The zero-order valence-corrected chi connectivity index (χ0v) is 10.1. The smallest absolute Gasteiger partial charge is 0.275 e. The Bertz CT molecular complexity index is 429. The van der Waals surface area contributed by atoms with Crippen LogP contribution in [0.15, 0.2) is 12.1 Å². The van der Waals surface area contributed by atoms with Crippen LogP contribution in [-0.4, -0.2) is 17.5 Å². The lowest BCUT2D eigenvalue weighted by Gasteiger charge is -2.22. The van der Waals surface area contributed by atoms with Gasteiger partial charge in [-0.1, -0.05) is 13.8 Å². The fourth-order valence-corrected chi connectivity index (χ4v) is 1.49. The topological polar surface area (TPSA) is 81.2 Å². The maximum Gasteiger partial charge on any atom is 0.275 e. The van der Waals surface area contributed by atoms with Crippen molar-refractivity contribution in [3.8, 4) is 0 Å². The summed E-state index contributed by atoms with van der Waals surface area (Å²) >= 11 is 0. The van der Waals surface area contributed by atoms with Crippen LogP contribution in [0.1, 0.15) is 13.8 Å². The number of non-ortho nitro benzene ring substituents is 1. The van der Waals surface area contributed by atoms with Gasteiger partial charge in [0.1, 0.15) is 5.69 Å². The fraction of sp³-hybridized carbons (Fsp3) is 0.455. The maximum absolute atomic E-state index is 13.6. The van der Waals surface area contributed by atoms with Gasteiger partial charge < -0.3 is 11.1 Å². The van der Waals surface area contributed by atoms with Crippen molar-refractivity contribution in [2.75, 3.05) is 11.9 Å². The summed E-state index contributed by atoms with van der Waals surface area (Å²) in [4.78, 5) is 9.59. The van der Waals surface area contributed by atoms with E-state index in [0.717, 1.165) is 0 Å². The number of anilines is 1. The van der Waals surface area contributed by atoms with Crippen molar-refractivity contribution in [3.63, 3.8) is 0 Å². The van der Waals surface area contributed by atoms with E-state index in [-0.39, 0.29) is 24.2 Å². The number of nitrogens with zero attached hydrogens (tertiary/aromatic N) is 1. The number of benzene rings is 1. The molecule has 0 spiro atoms. The molecular weight excluding hydrogens is 244 g/mol. The minimum atomic E-state index is -0.999. The Hall–Kier alpha value is -1.76. The molecule has 1 rings (SSSR count). The molecule has 1 atom stereocenters. The van der Waals surface area contributed by atoms with Gasteiger partial charge in [0.05, 0.1) is 17.1 Å². The first-order valence-electron chi connectivity index (χ1n) is 5.46. The predicted molar refractivity (Wildman–Crippen MR) is 64.3 cm³/mol. The fourth-order valence-electron chi connectivity index (χ4n) is 1.49. The molecule has 3 N–H and O–H groups in total. The van der Waals surface area contributed by atoms with Crippen molar-refractivity contribution in [1.29, 1.82) is 0 Å². The van der Waals surface area contributed by atoms with Crippen molar-refractivity contribution >= 4 is 11.4 Å². The molecule has 7 heteroatoms. The lowest BCUT2D eigenvalue weighted by molar-refractivity contribution is -0.385. The Labute approximate surface area is 103 Å². The number of rotatable bonds is 5. The lowest BCUT2D eigenvalue weighted by atomic mass is 10.0. The van der Waals surface area contributed by atoms with E-state index in [9.17, 15) is 18.9 Å². The number of halogens is 2. The zero-order chi connectivity index (χ0) is 13.9. The van der Waals surface area contributed by atoms with Crippen molar-refractivity contribution in [2.45, 2.75) is 19.9 Å². The first kappa shape index (κ1) is 14.3. The van der Waals surface area contributed by atoms with Gasteiger partial charge in [0.25, 0.3) is 5.69 Å². The van der Waals surface area contributed by atoms with E-state index in [2.05, 4.69) is 5.32 Å². The Balaban J connectivity index is 3.07. The summed E-state index contributed by atoms with van der Waals surface area (Å²) in [6, 6.07) is 1.05. The molecule has 0 bridgehead atoms. The molecule has 1 aromatic rings. The van der Waals surface area contributed by atoms with Gasteiger partial charge in [-0.15, -0.1) is 0 Å². The molecule has 0 saturated heterocycles. The van der Waals surface area contributed by atoms with Crippen LogP contribution < -0.4 is 11.1 Å². The number of hydrogen-bond donors (Lipinski definition) is 2. The first-order valence-corrected chi connectivity index (χ1v) is 5.46. The molecule has 1 unspecified atom stereocenters. The number of nitro groups is 1. The van der Waals surface area contributed by atoms with Gasteiger partial charge in [-0.25, -0.2) is 8.78 Å². The molecule has 0 saturated carbocycles. The number of nitrogens with one attached hydrogen (secondary N) is 1. The summed E-state index contributed by atoms with van der Waals surface area (Å²) in [5.41, 5.74) is 4.48. The van der Waals surface area contributed by atoms with Gasteiger partial charge in [-0.05, 0) is 5.92 Å². The third-order valence-electron chi connectivity index (χ3n) is 2.63. The van der Waals surface area contributed by atoms with Crippen LogP contribution >= 0.6 is 0 Å². The number of hydrogen-bond acceptors (Lipinski definition) is 4. The van der Waals surface area contributed by atoms with E-state index < -0.39 is 22.2 Å². The molecule has 0 fully saturated rings. The van der Waals surface area contributed by atoms with Gasteiger partial charge in [0.2, 0.25) is 0 Å². The molecule has 0 amide bonds. The van der Waals surface area contributed by atoms with Crippen LogP contribution in [0.4, 0.5) is 20.2 Å². The molecule has 0 aliphatic rings. The quantitative estimate of drug-likeness (QED) is 0.627. The second-order valence-corrected chi connectivity index (χ2v) is 4.27. The molecule has 0 heterocycles. The summed E-state index contributed by atoms with van der Waals surface area (Å²) in [6.45, 7) is 3.91. The number of nitro benzene ring substituents is 1. The van der Waals surface area contributed by atoms with Crippen molar-refractivity contribution < 1.29 is 13.7 Å². The van der Waals surface area contributed by atoms with E-state index >= 15 is 0 Å². The van der Waals surface area contributed by atoms with E-state index in [0.29, 0.717) is 12.1 Å². The molecular formula is C11H15F2N3O2. The average molecular weight is 259 g/mol. The third kappa shape index (κ3) is 3.13. The maximum atomic E-state index is 13.6. The standard InChI is InChI=1S/C11H15F2N3O2/c1-6(2)10(5-14)15-11-8(12)3-7(16(17)18)4-9(11)13/h3-4,6,10,15H,5,14H2,1-2H3. The van der Waals surface area contributed by atoms with Gasteiger partial charge in [-0.2, -0.15) is 0 Å². The molecule has 0 radical (unpaired) electrons. The highest BCUT2D eigenvalue weighted by Gasteiger charge is 2.20. The van der Waals surface area contributed by atoms with Crippen LogP contribution in [0.25, 0.3) is 0 Å². The summed E-state index contributed by atoms with van der Waals surface area (Å²) in [6.07, 6.45) is 0. The Kier molecular flexibility index (Phi) is 4.55. The summed E-state index contributed by atoms with van der Waals surface area (Å²) < 4.78 is 27.2. The second-order valence-electron chi connectivity index (χ2n) is 4.27. The van der Waals surface area contributed by atoms with Gasteiger partial charge in [-0.3, -0.25) is 10.1 Å². The SMILES string of the molecule is CC(C)C(CN)Nc1c(F)cc([N+](=O)[O-])cc1F. The molecule has 18 heavy (non-hydrogen) atoms. The highest BCUT2D eigenvalue weighted by atomic mass is 19.1. The largest absolute Gasteiger partial charge is 0.376 e. The van der Waals surface area contributed by atoms with E-state index in [1.165, 1.54) is 0 Å². The Morgan fingerprint density at radius 3 is 2.22 bits per heavy atom. The Morgan fingerprint density at radius 1 is 1.39 bits per heavy atom. The monoisotopic (exact) mass is 259 g/mol. The van der Waals surface area contributed by atoms with Gasteiger partial charge >= 0.3 is 0 Å². The van der Waals surface area contributed by atoms with E-state index in [1.807, 2.05) is 13.8 Å². The Morgan fingerprint density at radius 2 is 1.89 bits per heavy atom. The van der Waals surface area contributed by atoms with Crippen molar-refractivity contribution in [2.24, 2.45) is 11.7 Å².